The first-order valence-corrected chi connectivity index (χ1v) is 12.5. The van der Waals surface area contributed by atoms with E-state index in [1.165, 1.54) is 9.87 Å². The fourth-order valence-electron chi connectivity index (χ4n) is 4.66. The zero-order chi connectivity index (χ0) is 22.0. The van der Waals surface area contributed by atoms with Gasteiger partial charge in [-0.3, -0.25) is 9.69 Å². The van der Waals surface area contributed by atoms with Gasteiger partial charge in [0.1, 0.15) is 0 Å². The molecular weight excluding hydrogens is 410 g/mol. The monoisotopic (exact) mass is 441 g/mol. The lowest BCUT2D eigenvalue weighted by Crippen LogP contribution is -2.57. The maximum absolute atomic E-state index is 13.1. The third-order valence-corrected chi connectivity index (χ3v) is 8.31. The topological polar surface area (TPSA) is 60.9 Å². The predicted octanol–water partition coefficient (Wildman–Crippen LogP) is 3.21. The molecule has 2 aromatic carbocycles. The van der Waals surface area contributed by atoms with Gasteiger partial charge in [0.05, 0.1) is 4.90 Å². The number of piperazine rings is 1. The van der Waals surface area contributed by atoms with Crippen molar-refractivity contribution in [1.29, 1.82) is 0 Å². The van der Waals surface area contributed by atoms with Gasteiger partial charge in [-0.1, -0.05) is 30.3 Å². The lowest BCUT2D eigenvalue weighted by molar-refractivity contribution is 0.0269. The van der Waals surface area contributed by atoms with Crippen molar-refractivity contribution < 1.29 is 13.2 Å². The van der Waals surface area contributed by atoms with Crippen LogP contribution in [0, 0.1) is 0 Å². The lowest BCUT2D eigenvalue weighted by atomic mass is 10.0. The highest BCUT2D eigenvalue weighted by Gasteiger charge is 2.32. The summed E-state index contributed by atoms with van der Waals surface area (Å²) in [5, 5.41) is 0. The minimum atomic E-state index is -3.46. The standard InChI is InChI=1S/C24H31N3O3S/c1-19-16-25(17-20(2)27(19)18-21-8-4-3-5-9-21)24(28)22-10-12-23(13-11-22)31(29,30)26-14-6-7-15-26/h3-5,8-13,19-20H,6-7,14-18H2,1-2H3. The van der Waals surface area contributed by atoms with Crippen LogP contribution >= 0.6 is 0 Å². The summed E-state index contributed by atoms with van der Waals surface area (Å²) in [6.07, 6.45) is 1.81. The second kappa shape index (κ2) is 9.10. The molecule has 0 radical (unpaired) electrons. The van der Waals surface area contributed by atoms with Crippen LogP contribution in [0.1, 0.15) is 42.6 Å². The SMILES string of the molecule is CC1CN(C(=O)c2ccc(S(=O)(=O)N3CCCC3)cc2)CC(C)N1Cc1ccccc1. The van der Waals surface area contributed by atoms with E-state index < -0.39 is 10.0 Å². The van der Waals surface area contributed by atoms with Crippen LogP contribution in [0.25, 0.3) is 0 Å². The van der Waals surface area contributed by atoms with Gasteiger partial charge in [-0.2, -0.15) is 4.31 Å². The molecule has 1 amide bonds. The number of carbonyl (C=O) groups excluding carboxylic acids is 1. The molecule has 4 rings (SSSR count). The molecule has 2 heterocycles. The van der Waals surface area contributed by atoms with Crippen LogP contribution in [0.5, 0.6) is 0 Å². The molecule has 2 fully saturated rings. The fourth-order valence-corrected chi connectivity index (χ4v) is 6.18. The van der Waals surface area contributed by atoms with Crippen molar-refractivity contribution in [2.24, 2.45) is 0 Å². The molecule has 0 spiro atoms. The Bertz CT molecular complexity index is 990. The molecule has 0 bridgehead atoms. The third-order valence-electron chi connectivity index (χ3n) is 6.40. The molecule has 0 aromatic heterocycles. The number of sulfonamides is 1. The normalized spacial score (nSPS) is 23.2. The average Bonchev–Trinajstić information content (AvgIpc) is 3.32. The molecule has 2 aromatic rings. The smallest absolute Gasteiger partial charge is 0.253 e. The van der Waals surface area contributed by atoms with Gasteiger partial charge < -0.3 is 4.90 Å². The van der Waals surface area contributed by atoms with Gasteiger partial charge in [-0.05, 0) is 56.5 Å². The molecule has 0 N–H and O–H groups in total. The zero-order valence-electron chi connectivity index (χ0n) is 18.3. The Morgan fingerprint density at radius 3 is 2.06 bits per heavy atom. The largest absolute Gasteiger partial charge is 0.336 e. The summed E-state index contributed by atoms with van der Waals surface area (Å²) in [5.74, 6) is -0.0387. The van der Waals surface area contributed by atoms with E-state index in [0.29, 0.717) is 31.7 Å². The minimum absolute atomic E-state index is 0.0387. The number of nitrogens with zero attached hydrogens (tertiary/aromatic N) is 3. The molecule has 2 saturated heterocycles. The number of amides is 1. The summed E-state index contributed by atoms with van der Waals surface area (Å²) in [7, 11) is -3.46. The Morgan fingerprint density at radius 2 is 1.48 bits per heavy atom. The van der Waals surface area contributed by atoms with E-state index in [0.717, 1.165) is 19.4 Å². The van der Waals surface area contributed by atoms with Gasteiger partial charge in [0.25, 0.3) is 5.91 Å². The van der Waals surface area contributed by atoms with Crippen molar-refractivity contribution >= 4 is 15.9 Å². The Balaban J connectivity index is 1.43. The van der Waals surface area contributed by atoms with Crippen molar-refractivity contribution in [2.45, 2.75) is 50.2 Å². The van der Waals surface area contributed by atoms with Gasteiger partial charge in [0.2, 0.25) is 10.0 Å². The van der Waals surface area contributed by atoms with Crippen molar-refractivity contribution in [2.75, 3.05) is 26.2 Å². The Kier molecular flexibility index (Phi) is 6.46. The average molecular weight is 442 g/mol. The van der Waals surface area contributed by atoms with E-state index in [1.807, 2.05) is 11.0 Å². The summed E-state index contributed by atoms with van der Waals surface area (Å²) in [6, 6.07) is 17.3. The first-order chi connectivity index (χ1) is 14.9. The van der Waals surface area contributed by atoms with Crippen molar-refractivity contribution in [3.05, 3.63) is 65.7 Å². The second-order valence-electron chi connectivity index (χ2n) is 8.70. The van der Waals surface area contributed by atoms with Crippen LogP contribution in [0.3, 0.4) is 0 Å². The molecule has 0 saturated carbocycles. The van der Waals surface area contributed by atoms with Gasteiger partial charge in [0.15, 0.2) is 0 Å². The molecule has 7 heteroatoms. The predicted molar refractivity (Wildman–Crippen MR) is 121 cm³/mol. The Hall–Kier alpha value is -2.22. The van der Waals surface area contributed by atoms with Crippen LogP contribution in [0.4, 0.5) is 0 Å². The van der Waals surface area contributed by atoms with Crippen LogP contribution in [-0.4, -0.2) is 66.7 Å². The maximum atomic E-state index is 13.1. The number of carbonyl (C=O) groups is 1. The molecule has 2 aliphatic rings. The zero-order valence-corrected chi connectivity index (χ0v) is 19.1. The van der Waals surface area contributed by atoms with E-state index in [2.05, 4.69) is 43.0 Å². The molecular formula is C24H31N3O3S. The van der Waals surface area contributed by atoms with Gasteiger partial charge in [-0.15, -0.1) is 0 Å². The van der Waals surface area contributed by atoms with E-state index in [4.69, 9.17) is 0 Å². The van der Waals surface area contributed by atoms with Crippen molar-refractivity contribution in [1.82, 2.24) is 14.1 Å². The summed E-state index contributed by atoms with van der Waals surface area (Å²) in [4.78, 5) is 17.7. The minimum Gasteiger partial charge on any atom is -0.336 e. The van der Waals surface area contributed by atoms with E-state index in [-0.39, 0.29) is 22.9 Å². The molecule has 2 unspecified atom stereocenters. The molecule has 2 aliphatic heterocycles. The van der Waals surface area contributed by atoms with Crippen LogP contribution in [0.15, 0.2) is 59.5 Å². The van der Waals surface area contributed by atoms with Crippen LogP contribution in [-0.2, 0) is 16.6 Å². The highest BCUT2D eigenvalue weighted by Crippen LogP contribution is 2.23. The Labute approximate surface area is 185 Å². The lowest BCUT2D eigenvalue weighted by Gasteiger charge is -2.44. The van der Waals surface area contributed by atoms with Crippen LogP contribution in [0.2, 0.25) is 0 Å². The summed E-state index contributed by atoms with van der Waals surface area (Å²) in [5.41, 5.74) is 1.81. The van der Waals surface area contributed by atoms with Crippen molar-refractivity contribution in [3.63, 3.8) is 0 Å². The Morgan fingerprint density at radius 1 is 0.903 bits per heavy atom. The van der Waals surface area contributed by atoms with E-state index in [1.54, 1.807) is 24.3 Å². The highest BCUT2D eigenvalue weighted by molar-refractivity contribution is 7.89. The third kappa shape index (κ3) is 4.68. The molecule has 2 atom stereocenters. The van der Waals surface area contributed by atoms with E-state index >= 15 is 0 Å². The fraction of sp³-hybridized carbons (Fsp3) is 0.458. The maximum Gasteiger partial charge on any atom is 0.253 e. The van der Waals surface area contributed by atoms with Gasteiger partial charge in [-0.25, -0.2) is 8.42 Å². The summed E-state index contributed by atoms with van der Waals surface area (Å²) < 4.78 is 27.0. The van der Waals surface area contributed by atoms with Crippen molar-refractivity contribution in [3.8, 4) is 0 Å². The van der Waals surface area contributed by atoms with Gasteiger partial charge >= 0.3 is 0 Å². The quantitative estimate of drug-likeness (QED) is 0.715. The van der Waals surface area contributed by atoms with Gasteiger partial charge in [0, 0.05) is 50.4 Å². The number of rotatable bonds is 5. The highest BCUT2D eigenvalue weighted by atomic mass is 32.2. The molecule has 166 valence electrons. The molecule has 6 nitrogen and oxygen atoms in total. The van der Waals surface area contributed by atoms with E-state index in [9.17, 15) is 13.2 Å². The first-order valence-electron chi connectivity index (χ1n) is 11.1. The number of hydrogen-bond donors (Lipinski definition) is 0. The van der Waals surface area contributed by atoms with Crippen LogP contribution < -0.4 is 0 Å². The number of hydrogen-bond acceptors (Lipinski definition) is 4. The molecule has 31 heavy (non-hydrogen) atoms. The molecule has 0 aliphatic carbocycles. The summed E-state index contributed by atoms with van der Waals surface area (Å²) >= 11 is 0. The first kappa shape index (κ1) is 22.0. The summed E-state index contributed by atoms with van der Waals surface area (Å²) in [6.45, 7) is 7.65. The second-order valence-corrected chi connectivity index (χ2v) is 10.6. The number of benzene rings is 2.